The van der Waals surface area contributed by atoms with E-state index < -0.39 is 11.0 Å². The van der Waals surface area contributed by atoms with Crippen molar-refractivity contribution >= 4 is 22.3 Å². The van der Waals surface area contributed by atoms with Gasteiger partial charge < -0.3 is 4.74 Å². The number of rotatable bonds is 8. The normalized spacial score (nSPS) is 15.4. The summed E-state index contributed by atoms with van der Waals surface area (Å²) in [6.07, 6.45) is 3.76. The Kier molecular flexibility index (Phi) is 7.28. The van der Waals surface area contributed by atoms with Crippen molar-refractivity contribution in [1.29, 1.82) is 5.26 Å². The van der Waals surface area contributed by atoms with Gasteiger partial charge in [0.15, 0.2) is 0 Å². The highest BCUT2D eigenvalue weighted by atomic mass is 32.2. The summed E-state index contributed by atoms with van der Waals surface area (Å²) in [7, 11) is -1.15. The molecule has 3 aromatic carbocycles. The van der Waals surface area contributed by atoms with Gasteiger partial charge in [0, 0.05) is 17.8 Å². The molecule has 0 bridgehead atoms. The van der Waals surface area contributed by atoms with Crippen LogP contribution in [0.15, 0.2) is 72.9 Å². The van der Waals surface area contributed by atoms with E-state index in [2.05, 4.69) is 34.0 Å². The molecule has 4 aromatic rings. The summed E-state index contributed by atoms with van der Waals surface area (Å²) in [6.45, 7) is 3.89. The van der Waals surface area contributed by atoms with Crippen LogP contribution in [0.3, 0.4) is 0 Å². The number of benzene rings is 3. The number of ether oxygens (including phenoxy) is 1. The van der Waals surface area contributed by atoms with Crippen LogP contribution in [0.5, 0.6) is 5.75 Å². The van der Waals surface area contributed by atoms with Gasteiger partial charge in [0.05, 0.1) is 33.3 Å². The van der Waals surface area contributed by atoms with E-state index in [1.54, 1.807) is 11.3 Å². The van der Waals surface area contributed by atoms with Gasteiger partial charge in [0.1, 0.15) is 16.8 Å². The minimum atomic E-state index is -1.15. The van der Waals surface area contributed by atoms with Crippen LogP contribution in [0.2, 0.25) is 0 Å². The van der Waals surface area contributed by atoms with Crippen LogP contribution >= 0.6 is 11.3 Å². The molecule has 2 atom stereocenters. The first-order chi connectivity index (χ1) is 17.5. The van der Waals surface area contributed by atoms with E-state index in [1.807, 2.05) is 68.6 Å². The van der Waals surface area contributed by atoms with Crippen LogP contribution in [0.4, 0.5) is 0 Å². The zero-order valence-electron chi connectivity index (χ0n) is 20.2. The lowest BCUT2D eigenvalue weighted by Gasteiger charge is -2.14. The first-order valence-corrected chi connectivity index (χ1v) is 14.1. The lowest BCUT2D eigenvalue weighted by atomic mass is 10.0. The Morgan fingerprint density at radius 2 is 2.00 bits per heavy atom. The first-order valence-electron chi connectivity index (χ1n) is 12.0. The topological polar surface area (TPSA) is 75.0 Å². The van der Waals surface area contributed by atoms with Crippen molar-refractivity contribution in [3.63, 3.8) is 0 Å². The fraction of sp³-hybridized carbons (Fsp3) is 0.241. The molecule has 1 aromatic heterocycles. The fourth-order valence-corrected chi connectivity index (χ4v) is 6.68. The van der Waals surface area contributed by atoms with E-state index in [0.717, 1.165) is 33.9 Å². The number of nitriles is 1. The molecule has 1 aliphatic carbocycles. The zero-order chi connectivity index (χ0) is 25.1. The molecule has 5 rings (SSSR count). The van der Waals surface area contributed by atoms with E-state index in [4.69, 9.17) is 4.74 Å². The third-order valence-electron chi connectivity index (χ3n) is 6.17. The third kappa shape index (κ3) is 5.26. The van der Waals surface area contributed by atoms with Crippen LogP contribution in [-0.2, 0) is 23.2 Å². The van der Waals surface area contributed by atoms with E-state index in [1.165, 1.54) is 16.7 Å². The lowest BCUT2D eigenvalue weighted by Crippen LogP contribution is -2.23. The minimum absolute atomic E-state index is 0.00340. The summed E-state index contributed by atoms with van der Waals surface area (Å²) >= 11 is 1.62. The van der Waals surface area contributed by atoms with Crippen molar-refractivity contribution in [3.05, 3.63) is 95.2 Å². The molecule has 7 heteroatoms. The Balaban J connectivity index is 1.36. The molecule has 2 unspecified atom stereocenters. The molecule has 0 amide bonds. The largest absolute Gasteiger partial charge is 0.490 e. The number of hydrogen-bond acceptors (Lipinski definition) is 5. The highest BCUT2D eigenvalue weighted by molar-refractivity contribution is 7.82. The number of nitrogens with one attached hydrogen (secondary N) is 1. The quantitative estimate of drug-likeness (QED) is 0.289. The second-order valence-corrected chi connectivity index (χ2v) is 11.3. The number of aromatic nitrogens is 1. The monoisotopic (exact) mass is 513 g/mol. The van der Waals surface area contributed by atoms with E-state index in [-0.39, 0.29) is 12.1 Å². The standard InChI is InChI=1S/C29H27N3O2S2/c1-19(2)34-27-14-11-21(15-22(27)16-30)29-31-17-28(35-29)25-10-6-9-24-23(25)12-13-26(24)32-36(33)18-20-7-4-3-5-8-20/h3-11,14-15,17,19,26,32H,12-13,18H2,1-2H3. The molecule has 182 valence electrons. The summed E-state index contributed by atoms with van der Waals surface area (Å²) < 4.78 is 21.9. The third-order valence-corrected chi connectivity index (χ3v) is 8.39. The van der Waals surface area contributed by atoms with Gasteiger partial charge in [-0.3, -0.25) is 0 Å². The van der Waals surface area contributed by atoms with Crippen molar-refractivity contribution in [3.8, 4) is 32.8 Å². The first kappa shape index (κ1) is 24.4. The van der Waals surface area contributed by atoms with Crippen LogP contribution in [0, 0.1) is 11.3 Å². The van der Waals surface area contributed by atoms with Gasteiger partial charge in [0.25, 0.3) is 0 Å². The predicted molar refractivity (Wildman–Crippen MR) is 146 cm³/mol. The molecule has 0 fully saturated rings. The highest BCUT2D eigenvalue weighted by Crippen LogP contribution is 2.41. The fourth-order valence-electron chi connectivity index (χ4n) is 4.57. The van der Waals surface area contributed by atoms with Gasteiger partial charge in [-0.1, -0.05) is 48.5 Å². The SMILES string of the molecule is CC(C)Oc1ccc(-c2ncc(-c3cccc4c3CCC4NS(=O)Cc3ccccc3)s2)cc1C#N. The smallest absolute Gasteiger partial charge is 0.137 e. The second kappa shape index (κ2) is 10.8. The number of fused-ring (bicyclic) bond motifs is 1. The number of hydrogen-bond donors (Lipinski definition) is 1. The summed E-state index contributed by atoms with van der Waals surface area (Å²) in [4.78, 5) is 5.76. The van der Waals surface area contributed by atoms with Gasteiger partial charge >= 0.3 is 0 Å². The maximum atomic E-state index is 12.8. The Morgan fingerprint density at radius 3 is 2.78 bits per heavy atom. The second-order valence-electron chi connectivity index (χ2n) is 9.08. The van der Waals surface area contributed by atoms with Crippen LogP contribution in [-0.4, -0.2) is 15.3 Å². The van der Waals surface area contributed by atoms with Crippen LogP contribution < -0.4 is 9.46 Å². The van der Waals surface area contributed by atoms with Gasteiger partial charge in [-0.25, -0.2) is 13.9 Å². The van der Waals surface area contributed by atoms with Crippen molar-refractivity contribution in [2.45, 2.75) is 44.6 Å². The molecule has 36 heavy (non-hydrogen) atoms. The van der Waals surface area contributed by atoms with Crippen LogP contribution in [0.1, 0.15) is 48.6 Å². The van der Waals surface area contributed by atoms with E-state index in [0.29, 0.717) is 17.1 Å². The minimum Gasteiger partial charge on any atom is -0.490 e. The molecule has 1 aliphatic rings. The molecule has 0 saturated carbocycles. The van der Waals surface area contributed by atoms with Gasteiger partial charge in [-0.15, -0.1) is 11.3 Å². The Labute approximate surface area is 218 Å². The molecular weight excluding hydrogens is 486 g/mol. The number of nitrogens with zero attached hydrogens (tertiary/aromatic N) is 2. The Hall–Kier alpha value is -3.31. The van der Waals surface area contributed by atoms with Gasteiger partial charge in [-0.05, 0) is 67.1 Å². The highest BCUT2D eigenvalue weighted by Gasteiger charge is 2.27. The van der Waals surface area contributed by atoms with Crippen LogP contribution in [0.25, 0.3) is 21.0 Å². The molecule has 0 saturated heterocycles. The molecule has 1 heterocycles. The van der Waals surface area contributed by atoms with Crippen molar-refractivity contribution in [2.75, 3.05) is 0 Å². The predicted octanol–water partition coefficient (Wildman–Crippen LogP) is 6.58. The lowest BCUT2D eigenvalue weighted by molar-refractivity contribution is 0.242. The maximum absolute atomic E-state index is 12.8. The van der Waals surface area contributed by atoms with E-state index in [9.17, 15) is 9.47 Å². The zero-order valence-corrected chi connectivity index (χ0v) is 21.9. The molecule has 5 nitrogen and oxygen atoms in total. The summed E-state index contributed by atoms with van der Waals surface area (Å²) in [6, 6.07) is 24.2. The van der Waals surface area contributed by atoms with Crippen molar-refractivity contribution in [2.24, 2.45) is 0 Å². The average molecular weight is 514 g/mol. The molecule has 0 spiro atoms. The summed E-state index contributed by atoms with van der Waals surface area (Å²) in [5.41, 5.74) is 6.16. The number of thiazole rings is 1. The Morgan fingerprint density at radius 1 is 1.17 bits per heavy atom. The molecule has 0 aliphatic heterocycles. The van der Waals surface area contributed by atoms with Gasteiger partial charge in [0.2, 0.25) is 0 Å². The molecule has 1 N–H and O–H groups in total. The van der Waals surface area contributed by atoms with Crippen molar-refractivity contribution in [1.82, 2.24) is 9.71 Å². The average Bonchev–Trinajstić information content (AvgIpc) is 3.52. The summed E-state index contributed by atoms with van der Waals surface area (Å²) in [5.74, 6) is 1.09. The Bertz CT molecular complexity index is 1440. The summed E-state index contributed by atoms with van der Waals surface area (Å²) in [5, 5.41) is 10.5. The van der Waals surface area contributed by atoms with E-state index >= 15 is 0 Å². The molecular formula is C29H27N3O2S2. The van der Waals surface area contributed by atoms with Crippen molar-refractivity contribution < 1.29 is 8.95 Å². The molecule has 0 radical (unpaired) electrons. The van der Waals surface area contributed by atoms with Gasteiger partial charge in [-0.2, -0.15) is 5.26 Å². The maximum Gasteiger partial charge on any atom is 0.137 e.